The summed E-state index contributed by atoms with van der Waals surface area (Å²) in [6, 6.07) is 10.1. The summed E-state index contributed by atoms with van der Waals surface area (Å²) in [6.07, 6.45) is 5.90. The number of nitrogens with zero attached hydrogens (tertiary/aromatic N) is 1. The minimum Gasteiger partial charge on any atom is -0.354 e. The summed E-state index contributed by atoms with van der Waals surface area (Å²) in [5, 5.41) is 6.33. The molecule has 1 saturated carbocycles. The van der Waals surface area contributed by atoms with Crippen molar-refractivity contribution in [3.8, 4) is 0 Å². The fraction of sp³-hybridized carbons (Fsp3) is 0.368. The molecule has 4 nitrogen and oxygen atoms in total. The van der Waals surface area contributed by atoms with E-state index in [4.69, 9.17) is 0 Å². The lowest BCUT2D eigenvalue weighted by Crippen LogP contribution is -2.28. The fourth-order valence-corrected chi connectivity index (χ4v) is 2.79. The highest BCUT2D eigenvalue weighted by Gasteiger charge is 2.25. The van der Waals surface area contributed by atoms with E-state index in [9.17, 15) is 4.79 Å². The zero-order valence-corrected chi connectivity index (χ0v) is 13.7. The smallest absolute Gasteiger partial charge is 0.228 e. The summed E-state index contributed by atoms with van der Waals surface area (Å²) in [5.74, 6) is 0.887. The van der Waals surface area contributed by atoms with Gasteiger partial charge in [0.25, 0.3) is 0 Å². The summed E-state index contributed by atoms with van der Waals surface area (Å²) in [7, 11) is 0. The lowest BCUT2D eigenvalue weighted by Gasteiger charge is -2.23. The van der Waals surface area contributed by atoms with Gasteiger partial charge >= 0.3 is 0 Å². The maximum Gasteiger partial charge on any atom is 0.228 e. The van der Waals surface area contributed by atoms with Crippen molar-refractivity contribution in [2.75, 3.05) is 10.6 Å². The van der Waals surface area contributed by atoms with Crippen LogP contribution in [0, 0.1) is 12.8 Å². The molecular formula is C19H23N3O. The van der Waals surface area contributed by atoms with Crippen molar-refractivity contribution in [2.24, 2.45) is 5.92 Å². The normalized spacial score (nSPS) is 14.2. The molecule has 1 aliphatic carbocycles. The molecule has 0 radical (unpaired) electrons. The Hall–Kier alpha value is -2.36. The largest absolute Gasteiger partial charge is 0.354 e. The highest BCUT2D eigenvalue weighted by Crippen LogP contribution is 2.28. The molecule has 0 aliphatic heterocycles. The van der Waals surface area contributed by atoms with Crippen LogP contribution in [0.3, 0.4) is 0 Å². The highest BCUT2D eigenvalue weighted by atomic mass is 16.2. The Morgan fingerprint density at radius 1 is 1.26 bits per heavy atom. The number of nitrogens with one attached hydrogen (secondary N) is 2. The highest BCUT2D eigenvalue weighted by molar-refractivity contribution is 5.92. The second-order valence-corrected chi connectivity index (χ2v) is 6.14. The third-order valence-corrected chi connectivity index (χ3v) is 4.50. The van der Waals surface area contributed by atoms with Crippen molar-refractivity contribution in [3.05, 3.63) is 47.7 Å². The molecule has 1 amide bonds. The number of hydrogen-bond acceptors (Lipinski definition) is 3. The molecule has 1 aromatic heterocycles. The third kappa shape index (κ3) is 3.52. The van der Waals surface area contributed by atoms with Gasteiger partial charge in [-0.05, 0) is 49.4 Å². The van der Waals surface area contributed by atoms with Crippen LogP contribution in [0.25, 0.3) is 0 Å². The van der Waals surface area contributed by atoms with Crippen LogP contribution in [-0.2, 0) is 11.2 Å². The quantitative estimate of drug-likeness (QED) is 0.859. The van der Waals surface area contributed by atoms with Gasteiger partial charge in [0, 0.05) is 11.6 Å². The van der Waals surface area contributed by atoms with E-state index in [0.717, 1.165) is 37.1 Å². The van der Waals surface area contributed by atoms with Gasteiger partial charge in [0.1, 0.15) is 5.82 Å². The molecule has 1 aliphatic rings. The van der Waals surface area contributed by atoms with Crippen LogP contribution >= 0.6 is 0 Å². The topological polar surface area (TPSA) is 54.0 Å². The van der Waals surface area contributed by atoms with Crippen LogP contribution in [0.5, 0.6) is 0 Å². The summed E-state index contributed by atoms with van der Waals surface area (Å²) >= 11 is 0. The molecule has 2 aromatic rings. The van der Waals surface area contributed by atoms with Crippen molar-refractivity contribution < 1.29 is 4.79 Å². The van der Waals surface area contributed by atoms with Gasteiger partial charge in [-0.15, -0.1) is 0 Å². The number of benzene rings is 1. The van der Waals surface area contributed by atoms with E-state index in [1.54, 1.807) is 6.20 Å². The first-order valence-electron chi connectivity index (χ1n) is 8.30. The van der Waals surface area contributed by atoms with Crippen LogP contribution in [0.15, 0.2) is 36.5 Å². The molecule has 0 bridgehead atoms. The summed E-state index contributed by atoms with van der Waals surface area (Å²) in [4.78, 5) is 16.3. The second-order valence-electron chi connectivity index (χ2n) is 6.14. The van der Waals surface area contributed by atoms with Gasteiger partial charge in [-0.2, -0.15) is 0 Å². The number of hydrogen-bond donors (Lipinski definition) is 2. The second kappa shape index (κ2) is 6.82. The molecule has 120 valence electrons. The van der Waals surface area contributed by atoms with Gasteiger partial charge in [0.05, 0.1) is 11.9 Å². The maximum atomic E-state index is 11.9. The number of anilines is 3. The van der Waals surface area contributed by atoms with Crippen LogP contribution in [0.1, 0.15) is 37.3 Å². The van der Waals surface area contributed by atoms with Crippen LogP contribution in [0.2, 0.25) is 0 Å². The van der Waals surface area contributed by atoms with Crippen LogP contribution in [-0.4, -0.2) is 10.9 Å². The lowest BCUT2D eigenvalue weighted by molar-refractivity contribution is -0.122. The molecule has 0 saturated heterocycles. The zero-order valence-electron chi connectivity index (χ0n) is 13.7. The van der Waals surface area contributed by atoms with Gasteiger partial charge in [0.15, 0.2) is 0 Å². The average molecular weight is 309 g/mol. The first kappa shape index (κ1) is 15.5. The van der Waals surface area contributed by atoms with E-state index in [0.29, 0.717) is 5.82 Å². The molecule has 4 heteroatoms. The Bertz CT molecular complexity index is 690. The average Bonchev–Trinajstić information content (AvgIpc) is 2.49. The predicted octanol–water partition coefficient (Wildman–Crippen LogP) is 4.43. The van der Waals surface area contributed by atoms with Crippen LogP contribution in [0.4, 0.5) is 17.2 Å². The van der Waals surface area contributed by atoms with E-state index >= 15 is 0 Å². The molecule has 0 atom stereocenters. The van der Waals surface area contributed by atoms with E-state index in [1.165, 1.54) is 11.1 Å². The standard InChI is InChI=1S/C19H23N3O/c1-3-14-7-4-6-13(2)18(14)21-16-10-11-17(20-12-16)22-19(23)15-8-5-9-15/h4,6-7,10-12,15,21H,3,5,8-9H2,1-2H3,(H,20,22,23). The number of aryl methyl sites for hydroxylation is 2. The molecule has 0 spiro atoms. The van der Waals surface area contributed by atoms with Gasteiger partial charge < -0.3 is 10.6 Å². The molecule has 3 rings (SSSR count). The van der Waals surface area contributed by atoms with Crippen molar-refractivity contribution >= 4 is 23.1 Å². The Kier molecular flexibility index (Phi) is 4.60. The van der Waals surface area contributed by atoms with Gasteiger partial charge in [0.2, 0.25) is 5.91 Å². The fourth-order valence-electron chi connectivity index (χ4n) is 2.79. The Morgan fingerprint density at radius 3 is 2.70 bits per heavy atom. The number of rotatable bonds is 5. The number of pyridine rings is 1. The molecular weight excluding hydrogens is 286 g/mol. The SMILES string of the molecule is CCc1cccc(C)c1Nc1ccc(NC(=O)C2CCC2)nc1. The summed E-state index contributed by atoms with van der Waals surface area (Å²) in [6.45, 7) is 4.25. The predicted molar refractivity (Wildman–Crippen MR) is 94.0 cm³/mol. The van der Waals surface area contributed by atoms with Crippen LogP contribution < -0.4 is 10.6 Å². The molecule has 1 heterocycles. The molecule has 23 heavy (non-hydrogen) atoms. The number of carbonyl (C=O) groups excluding carboxylic acids is 1. The van der Waals surface area contributed by atoms with E-state index in [2.05, 4.69) is 47.7 Å². The minimum absolute atomic E-state index is 0.0941. The van der Waals surface area contributed by atoms with E-state index in [1.807, 2.05) is 12.1 Å². The van der Waals surface area contributed by atoms with Gasteiger partial charge in [-0.25, -0.2) is 4.98 Å². The Balaban J connectivity index is 1.69. The first-order chi connectivity index (χ1) is 11.2. The molecule has 0 unspecified atom stereocenters. The zero-order chi connectivity index (χ0) is 16.2. The van der Waals surface area contributed by atoms with Crippen molar-refractivity contribution in [1.29, 1.82) is 0 Å². The van der Waals surface area contributed by atoms with Crippen molar-refractivity contribution in [2.45, 2.75) is 39.5 Å². The van der Waals surface area contributed by atoms with Gasteiger partial charge in [-0.1, -0.05) is 31.5 Å². The van der Waals surface area contributed by atoms with E-state index < -0.39 is 0 Å². The maximum absolute atomic E-state index is 11.9. The number of amides is 1. The number of para-hydroxylation sites is 1. The van der Waals surface area contributed by atoms with E-state index in [-0.39, 0.29) is 11.8 Å². The van der Waals surface area contributed by atoms with Crippen molar-refractivity contribution in [1.82, 2.24) is 4.98 Å². The molecule has 1 fully saturated rings. The summed E-state index contributed by atoms with van der Waals surface area (Å²) in [5.41, 5.74) is 4.57. The Morgan fingerprint density at radius 2 is 2.09 bits per heavy atom. The lowest BCUT2D eigenvalue weighted by atomic mass is 9.85. The number of aromatic nitrogens is 1. The van der Waals surface area contributed by atoms with Gasteiger partial charge in [-0.3, -0.25) is 4.79 Å². The molecule has 1 aromatic carbocycles. The monoisotopic (exact) mass is 309 g/mol. The third-order valence-electron chi connectivity index (χ3n) is 4.50. The first-order valence-corrected chi connectivity index (χ1v) is 8.30. The minimum atomic E-state index is 0.0941. The van der Waals surface area contributed by atoms with Crippen molar-refractivity contribution in [3.63, 3.8) is 0 Å². The molecule has 2 N–H and O–H groups in total. The number of carbonyl (C=O) groups is 1. The Labute approximate surface area is 137 Å². The summed E-state index contributed by atoms with van der Waals surface area (Å²) < 4.78 is 0.